The van der Waals surface area contributed by atoms with E-state index in [1.165, 1.54) is 11.1 Å². The number of likely N-dealkylation sites (N-methyl/N-ethyl adjacent to an activating group) is 1. The number of benzene rings is 1. The van der Waals surface area contributed by atoms with Gasteiger partial charge in [-0.2, -0.15) is 0 Å². The third-order valence-corrected chi connectivity index (χ3v) is 5.96. The van der Waals surface area contributed by atoms with E-state index in [1.807, 2.05) is 25.9 Å². The Hall–Kier alpha value is -2.40. The number of nitrogens with zero attached hydrogens (tertiary/aromatic N) is 3. The summed E-state index contributed by atoms with van der Waals surface area (Å²) in [6.07, 6.45) is 6.04. The minimum atomic E-state index is -0.0771. The zero-order valence-corrected chi connectivity index (χ0v) is 19.4. The number of rotatable bonds is 8. The first-order chi connectivity index (χ1) is 14.4. The Balaban J connectivity index is 2.18. The van der Waals surface area contributed by atoms with Crippen molar-refractivity contribution in [2.24, 2.45) is 0 Å². The molecule has 0 saturated carbocycles. The van der Waals surface area contributed by atoms with Crippen LogP contribution >= 0.6 is 0 Å². The van der Waals surface area contributed by atoms with Crippen LogP contribution in [0.15, 0.2) is 29.1 Å². The second-order valence-electron chi connectivity index (χ2n) is 8.65. The van der Waals surface area contributed by atoms with Gasteiger partial charge in [-0.25, -0.2) is 4.98 Å². The molecule has 162 valence electrons. The smallest absolute Gasteiger partial charge is 0.275 e. The van der Waals surface area contributed by atoms with E-state index >= 15 is 0 Å². The van der Waals surface area contributed by atoms with Crippen LogP contribution in [0.3, 0.4) is 0 Å². The molecule has 0 bridgehead atoms. The van der Waals surface area contributed by atoms with Crippen LogP contribution in [-0.2, 0) is 6.42 Å². The topological polar surface area (TPSA) is 52.2 Å². The molecule has 1 fully saturated rings. The molecule has 30 heavy (non-hydrogen) atoms. The summed E-state index contributed by atoms with van der Waals surface area (Å²) in [4.78, 5) is 25.5. The van der Waals surface area contributed by atoms with Crippen LogP contribution in [0.2, 0.25) is 0 Å². The van der Waals surface area contributed by atoms with Crippen LogP contribution in [0.25, 0.3) is 17.0 Å². The van der Waals surface area contributed by atoms with Crippen LogP contribution in [0.4, 0.5) is 5.69 Å². The third-order valence-electron chi connectivity index (χ3n) is 5.96. The Labute approximate surface area is 180 Å². The summed E-state index contributed by atoms with van der Waals surface area (Å²) < 4.78 is 0. The van der Waals surface area contributed by atoms with Crippen molar-refractivity contribution >= 4 is 11.3 Å². The highest BCUT2D eigenvalue weighted by Crippen LogP contribution is 2.32. The second kappa shape index (κ2) is 9.61. The molecule has 1 aliphatic rings. The molecule has 1 N–H and O–H groups in total. The van der Waals surface area contributed by atoms with Gasteiger partial charge in [-0.05, 0) is 49.6 Å². The van der Waals surface area contributed by atoms with Crippen molar-refractivity contribution < 1.29 is 0 Å². The lowest BCUT2D eigenvalue weighted by Crippen LogP contribution is -2.41. The first-order valence-corrected chi connectivity index (χ1v) is 11.2. The Morgan fingerprint density at radius 2 is 2.00 bits per heavy atom. The zero-order chi connectivity index (χ0) is 21.8. The molecule has 0 radical (unpaired) electrons. The van der Waals surface area contributed by atoms with Gasteiger partial charge in [-0.1, -0.05) is 44.9 Å². The Bertz CT molecular complexity index is 968. The second-order valence-corrected chi connectivity index (χ2v) is 8.65. The highest BCUT2D eigenvalue weighted by Gasteiger charge is 2.26. The molecule has 3 rings (SSSR count). The number of hydrogen-bond donors (Lipinski definition) is 1. The Morgan fingerprint density at radius 1 is 1.27 bits per heavy atom. The summed E-state index contributed by atoms with van der Waals surface area (Å²) in [6.45, 7) is 8.55. The maximum absolute atomic E-state index is 13.1. The molecule has 0 atom stereocenters. The van der Waals surface area contributed by atoms with E-state index < -0.39 is 0 Å². The molecule has 5 heteroatoms. The third kappa shape index (κ3) is 4.51. The quantitative estimate of drug-likeness (QED) is 0.689. The summed E-state index contributed by atoms with van der Waals surface area (Å²) in [7, 11) is 5.97. The van der Waals surface area contributed by atoms with E-state index in [4.69, 9.17) is 4.98 Å². The molecule has 0 spiro atoms. The van der Waals surface area contributed by atoms with Crippen LogP contribution < -0.4 is 10.5 Å². The highest BCUT2D eigenvalue weighted by molar-refractivity contribution is 5.75. The average Bonchev–Trinajstić information content (AvgIpc) is 2.69. The normalized spacial score (nSPS) is 15.3. The number of H-pyrrole nitrogens is 1. The van der Waals surface area contributed by atoms with Crippen molar-refractivity contribution in [2.45, 2.75) is 52.4 Å². The molecule has 0 amide bonds. The van der Waals surface area contributed by atoms with Crippen molar-refractivity contribution in [1.29, 1.82) is 0 Å². The Morgan fingerprint density at radius 3 is 2.57 bits per heavy atom. The van der Waals surface area contributed by atoms with E-state index in [0.29, 0.717) is 17.4 Å². The van der Waals surface area contributed by atoms with Gasteiger partial charge < -0.3 is 14.8 Å². The first-order valence-electron chi connectivity index (χ1n) is 11.2. The number of aryl methyl sites for hydroxylation is 1. The molecule has 0 unspecified atom stereocenters. The highest BCUT2D eigenvalue weighted by atomic mass is 16.1. The molecule has 0 aliphatic carbocycles. The van der Waals surface area contributed by atoms with Crippen LogP contribution in [0, 0.1) is 0 Å². The standard InChI is InChI=1S/C25H36N4O/c1-7-10-17(9-3)22-23(28(4)5)25(30)27-24(26-22)21-14-19(20-15-29(6)16-20)13-12-18(21)11-8-2/h9,12-14,20H,7-8,10-11,15-16H2,1-6H3,(H,26,27,30). The zero-order valence-electron chi connectivity index (χ0n) is 19.4. The lowest BCUT2D eigenvalue weighted by molar-refractivity contribution is 0.190. The molecular formula is C25H36N4O. The number of allylic oxidation sites excluding steroid dienone is 2. The number of hydrogen-bond acceptors (Lipinski definition) is 4. The van der Waals surface area contributed by atoms with Crippen molar-refractivity contribution in [1.82, 2.24) is 14.9 Å². The number of nitrogens with one attached hydrogen (secondary N) is 1. The van der Waals surface area contributed by atoms with E-state index in [-0.39, 0.29) is 5.56 Å². The van der Waals surface area contributed by atoms with Gasteiger partial charge >= 0.3 is 0 Å². The van der Waals surface area contributed by atoms with Crippen molar-refractivity contribution in [3.05, 3.63) is 51.4 Å². The maximum Gasteiger partial charge on any atom is 0.275 e. The molecule has 1 saturated heterocycles. The lowest BCUT2D eigenvalue weighted by Gasteiger charge is -2.36. The monoisotopic (exact) mass is 408 g/mol. The molecule has 2 heterocycles. The van der Waals surface area contributed by atoms with Crippen molar-refractivity contribution in [3.63, 3.8) is 0 Å². The molecule has 1 aliphatic heterocycles. The van der Waals surface area contributed by atoms with Gasteiger partial charge in [0.1, 0.15) is 11.5 Å². The van der Waals surface area contributed by atoms with E-state index in [2.05, 4.69) is 55.1 Å². The van der Waals surface area contributed by atoms with Gasteiger partial charge in [0, 0.05) is 38.7 Å². The molecule has 5 nitrogen and oxygen atoms in total. The summed E-state index contributed by atoms with van der Waals surface area (Å²) in [5, 5.41) is 0. The number of aromatic nitrogens is 2. The van der Waals surface area contributed by atoms with Gasteiger partial charge in [0.25, 0.3) is 5.56 Å². The fourth-order valence-corrected chi connectivity index (χ4v) is 4.37. The summed E-state index contributed by atoms with van der Waals surface area (Å²) >= 11 is 0. The molecule has 1 aromatic heterocycles. The SMILES string of the molecule is CC=C(CCC)c1nc(-c2cc(C3CN(C)C3)ccc2CCC)[nH]c(=O)c1N(C)C. The Kier molecular flexibility index (Phi) is 7.14. The minimum absolute atomic E-state index is 0.0771. The van der Waals surface area contributed by atoms with E-state index in [9.17, 15) is 4.79 Å². The van der Waals surface area contributed by atoms with Crippen LogP contribution in [0.1, 0.15) is 62.8 Å². The fraction of sp³-hybridized carbons (Fsp3) is 0.520. The average molecular weight is 409 g/mol. The van der Waals surface area contributed by atoms with Crippen LogP contribution in [0.5, 0.6) is 0 Å². The lowest BCUT2D eigenvalue weighted by atomic mass is 9.88. The van der Waals surface area contributed by atoms with Gasteiger partial charge in [0.05, 0.1) is 5.69 Å². The predicted molar refractivity (Wildman–Crippen MR) is 127 cm³/mol. The van der Waals surface area contributed by atoms with Gasteiger partial charge in [0.15, 0.2) is 0 Å². The molecule has 2 aromatic rings. The first kappa shape index (κ1) is 22.3. The summed E-state index contributed by atoms with van der Waals surface area (Å²) in [6, 6.07) is 6.75. The molecular weight excluding hydrogens is 372 g/mol. The van der Waals surface area contributed by atoms with Gasteiger partial charge in [0.2, 0.25) is 0 Å². The van der Waals surface area contributed by atoms with E-state index in [1.54, 1.807) is 0 Å². The van der Waals surface area contributed by atoms with Crippen molar-refractivity contribution in [3.8, 4) is 11.4 Å². The van der Waals surface area contributed by atoms with Gasteiger partial charge in [-0.15, -0.1) is 0 Å². The van der Waals surface area contributed by atoms with Gasteiger partial charge in [-0.3, -0.25) is 4.79 Å². The van der Waals surface area contributed by atoms with Crippen LogP contribution in [-0.4, -0.2) is 49.1 Å². The number of aromatic amines is 1. The van der Waals surface area contributed by atoms with Crippen molar-refractivity contribution in [2.75, 3.05) is 39.1 Å². The summed E-state index contributed by atoms with van der Waals surface area (Å²) in [5.74, 6) is 1.25. The minimum Gasteiger partial charge on any atom is -0.371 e. The predicted octanol–water partition coefficient (Wildman–Crippen LogP) is 4.69. The number of anilines is 1. The largest absolute Gasteiger partial charge is 0.371 e. The number of likely N-dealkylation sites (tertiary alicyclic amines) is 1. The van der Waals surface area contributed by atoms with E-state index in [0.717, 1.165) is 55.6 Å². The molecule has 1 aromatic carbocycles. The maximum atomic E-state index is 13.1. The fourth-order valence-electron chi connectivity index (χ4n) is 4.37. The summed E-state index contributed by atoms with van der Waals surface area (Å²) in [5.41, 5.74) is 6.14.